The average Bonchev–Trinajstić information content (AvgIpc) is 2.98. The molecule has 0 heterocycles. The summed E-state index contributed by atoms with van der Waals surface area (Å²) in [5.74, 6) is -1.67. The van der Waals surface area contributed by atoms with E-state index >= 15 is 0 Å². The minimum Gasteiger partial charge on any atom is -0.455 e. The third-order valence-corrected chi connectivity index (χ3v) is 5.62. The monoisotopic (exact) mass is 424 g/mol. The lowest BCUT2D eigenvalue weighted by atomic mass is 9.87. The second-order valence-electron chi connectivity index (χ2n) is 8.33. The molecule has 1 aliphatic rings. The van der Waals surface area contributed by atoms with Crippen molar-refractivity contribution in [2.45, 2.75) is 122 Å². The number of rotatable bonds is 16. The van der Waals surface area contributed by atoms with Gasteiger partial charge in [-0.25, -0.2) is 0 Å². The van der Waals surface area contributed by atoms with Crippen LogP contribution in [-0.2, 0) is 23.9 Å². The Balaban J connectivity index is 2.30. The van der Waals surface area contributed by atoms with E-state index in [0.717, 1.165) is 19.3 Å². The van der Waals surface area contributed by atoms with Gasteiger partial charge in [-0.2, -0.15) is 0 Å². The minimum absolute atomic E-state index is 0.158. The molecule has 1 N–H and O–H groups in total. The third-order valence-electron chi connectivity index (χ3n) is 5.62. The number of esters is 2. The van der Waals surface area contributed by atoms with Crippen LogP contribution < -0.4 is 0 Å². The Morgan fingerprint density at radius 3 is 1.47 bits per heavy atom. The lowest BCUT2D eigenvalue weighted by molar-refractivity contribution is -0.180. The van der Waals surface area contributed by atoms with Gasteiger partial charge in [-0.3, -0.25) is 14.4 Å². The fourth-order valence-electron chi connectivity index (χ4n) is 3.92. The van der Waals surface area contributed by atoms with Crippen molar-refractivity contribution in [1.29, 1.82) is 0 Å². The van der Waals surface area contributed by atoms with Crippen LogP contribution in [0.5, 0.6) is 0 Å². The summed E-state index contributed by atoms with van der Waals surface area (Å²) in [4.78, 5) is 35.4. The Kier molecular flexibility index (Phi) is 12.6. The number of Topliss-reactive ketones (excluding diaryl/α,β-unsaturated/α-hetero) is 1. The summed E-state index contributed by atoms with van der Waals surface area (Å²) in [5.41, 5.74) is -2.05. The van der Waals surface area contributed by atoms with Gasteiger partial charge in [0.05, 0.1) is 0 Å². The molecule has 0 bridgehead atoms. The first-order valence-corrected chi connectivity index (χ1v) is 11.6. The van der Waals surface area contributed by atoms with Crippen LogP contribution in [0.15, 0.2) is 12.2 Å². The van der Waals surface area contributed by atoms with Crippen molar-refractivity contribution in [2.24, 2.45) is 0 Å². The van der Waals surface area contributed by atoms with Crippen molar-refractivity contribution in [3.63, 3.8) is 0 Å². The van der Waals surface area contributed by atoms with Gasteiger partial charge in [0.1, 0.15) is 0 Å². The zero-order chi connectivity index (χ0) is 22.4. The van der Waals surface area contributed by atoms with Gasteiger partial charge in [0, 0.05) is 20.3 Å². The summed E-state index contributed by atoms with van der Waals surface area (Å²) in [6, 6.07) is 0. The average molecular weight is 425 g/mol. The topological polar surface area (TPSA) is 89.9 Å². The molecule has 1 unspecified atom stereocenters. The standard InChI is InChI=1S/C24H40O6/c1-4-5-6-7-8-9-10-11-12-13-14-15-16-21(27)24(28)22(29-19(2)25)17-18-23(24)30-20(3)26/h17-18,22-23,28H,4-16H2,1-3H3/t22-,23+,24?. The molecule has 6 nitrogen and oxygen atoms in total. The van der Waals surface area contributed by atoms with Crippen LogP contribution in [0.2, 0.25) is 0 Å². The largest absolute Gasteiger partial charge is 0.455 e. The fourth-order valence-corrected chi connectivity index (χ4v) is 3.92. The number of ether oxygens (including phenoxy) is 2. The molecule has 0 spiro atoms. The highest BCUT2D eigenvalue weighted by atomic mass is 16.6. The summed E-state index contributed by atoms with van der Waals surface area (Å²) in [7, 11) is 0. The van der Waals surface area contributed by atoms with E-state index in [-0.39, 0.29) is 6.42 Å². The maximum absolute atomic E-state index is 12.8. The summed E-state index contributed by atoms with van der Waals surface area (Å²) in [5, 5.41) is 11.0. The molecule has 1 aliphatic carbocycles. The Morgan fingerprint density at radius 2 is 1.10 bits per heavy atom. The molecule has 172 valence electrons. The first-order valence-electron chi connectivity index (χ1n) is 11.6. The highest BCUT2D eigenvalue weighted by Crippen LogP contribution is 2.32. The zero-order valence-electron chi connectivity index (χ0n) is 19.0. The van der Waals surface area contributed by atoms with Gasteiger partial charge in [-0.1, -0.05) is 77.6 Å². The van der Waals surface area contributed by atoms with Gasteiger partial charge in [0.2, 0.25) is 5.60 Å². The smallest absolute Gasteiger partial charge is 0.303 e. The van der Waals surface area contributed by atoms with E-state index in [1.54, 1.807) is 0 Å². The Hall–Kier alpha value is -1.69. The van der Waals surface area contributed by atoms with Crippen molar-refractivity contribution < 1.29 is 29.0 Å². The molecule has 30 heavy (non-hydrogen) atoms. The van der Waals surface area contributed by atoms with Crippen molar-refractivity contribution in [3.05, 3.63) is 12.2 Å². The molecular weight excluding hydrogens is 384 g/mol. The van der Waals surface area contributed by atoms with Crippen LogP contribution in [0, 0.1) is 0 Å². The van der Waals surface area contributed by atoms with E-state index in [1.807, 2.05) is 0 Å². The molecule has 0 saturated heterocycles. The highest BCUT2D eigenvalue weighted by molar-refractivity contribution is 5.90. The zero-order valence-corrected chi connectivity index (χ0v) is 19.0. The number of carbonyl (C=O) groups is 3. The van der Waals surface area contributed by atoms with Gasteiger partial charge in [-0.05, 0) is 18.6 Å². The molecule has 1 rings (SSSR count). The summed E-state index contributed by atoms with van der Waals surface area (Å²) in [6.45, 7) is 4.65. The van der Waals surface area contributed by atoms with Gasteiger partial charge in [0.15, 0.2) is 18.0 Å². The molecule has 0 fully saturated rings. The van der Waals surface area contributed by atoms with Gasteiger partial charge in [0.25, 0.3) is 0 Å². The Morgan fingerprint density at radius 1 is 0.733 bits per heavy atom. The maximum atomic E-state index is 12.8. The molecule has 0 aromatic carbocycles. The van der Waals surface area contributed by atoms with Crippen LogP contribution in [-0.4, -0.2) is 40.6 Å². The number of hydrogen-bond acceptors (Lipinski definition) is 6. The second kappa shape index (κ2) is 14.3. The molecule has 3 atom stereocenters. The fraction of sp³-hybridized carbons (Fsp3) is 0.792. The third kappa shape index (κ3) is 8.99. The number of hydrogen-bond donors (Lipinski definition) is 1. The van der Waals surface area contributed by atoms with Crippen molar-refractivity contribution >= 4 is 17.7 Å². The van der Waals surface area contributed by atoms with Gasteiger partial charge < -0.3 is 14.6 Å². The molecule has 0 amide bonds. The molecule has 6 heteroatoms. The molecule has 0 aromatic rings. The van der Waals surface area contributed by atoms with Crippen LogP contribution in [0.3, 0.4) is 0 Å². The maximum Gasteiger partial charge on any atom is 0.303 e. The number of aliphatic hydroxyl groups is 1. The summed E-state index contributed by atoms with van der Waals surface area (Å²) in [6.07, 6.45) is 14.9. The van der Waals surface area contributed by atoms with E-state index in [9.17, 15) is 19.5 Å². The molecule has 0 aromatic heterocycles. The summed E-state index contributed by atoms with van der Waals surface area (Å²) >= 11 is 0. The van der Waals surface area contributed by atoms with Crippen LogP contribution in [0.25, 0.3) is 0 Å². The first-order chi connectivity index (χ1) is 14.3. The first kappa shape index (κ1) is 26.3. The summed E-state index contributed by atoms with van der Waals surface area (Å²) < 4.78 is 10.2. The van der Waals surface area contributed by atoms with E-state index in [1.165, 1.54) is 77.4 Å². The number of ketones is 1. The molecule has 0 saturated carbocycles. The second-order valence-corrected chi connectivity index (χ2v) is 8.33. The van der Waals surface area contributed by atoms with Gasteiger partial charge in [-0.15, -0.1) is 0 Å². The molecular formula is C24H40O6. The normalized spacial score (nSPS) is 22.8. The highest BCUT2D eigenvalue weighted by Gasteiger charge is 2.55. The van der Waals surface area contributed by atoms with E-state index < -0.39 is 35.5 Å². The van der Waals surface area contributed by atoms with Gasteiger partial charge >= 0.3 is 11.9 Å². The predicted molar refractivity (Wildman–Crippen MR) is 116 cm³/mol. The number of carbonyl (C=O) groups excluding carboxylic acids is 3. The number of unbranched alkanes of at least 4 members (excludes halogenated alkanes) is 11. The Bertz CT molecular complexity index is 542. The van der Waals surface area contributed by atoms with E-state index in [4.69, 9.17) is 9.47 Å². The lowest BCUT2D eigenvalue weighted by Crippen LogP contribution is -2.56. The molecule has 0 aliphatic heterocycles. The Labute approximate surface area is 181 Å². The van der Waals surface area contributed by atoms with Crippen molar-refractivity contribution in [3.8, 4) is 0 Å². The van der Waals surface area contributed by atoms with E-state index in [2.05, 4.69) is 6.92 Å². The predicted octanol–water partition coefficient (Wildman–Crippen LogP) is 4.81. The SMILES string of the molecule is CCCCCCCCCCCCCCC(=O)C1(O)[C@@H](OC(C)=O)C=C[C@H]1OC(C)=O. The van der Waals surface area contributed by atoms with Crippen molar-refractivity contribution in [2.75, 3.05) is 0 Å². The van der Waals surface area contributed by atoms with Crippen LogP contribution in [0.4, 0.5) is 0 Å². The molecule has 0 radical (unpaired) electrons. The quantitative estimate of drug-likeness (QED) is 0.217. The van der Waals surface area contributed by atoms with Crippen molar-refractivity contribution in [1.82, 2.24) is 0 Å². The van der Waals surface area contributed by atoms with Crippen LogP contribution >= 0.6 is 0 Å². The minimum atomic E-state index is -2.05. The van der Waals surface area contributed by atoms with E-state index in [0.29, 0.717) is 6.42 Å². The lowest BCUT2D eigenvalue weighted by Gasteiger charge is -2.32. The van der Waals surface area contributed by atoms with Crippen LogP contribution in [0.1, 0.15) is 104 Å².